The maximum Gasteiger partial charge on any atom is 0.254 e. The number of nitrogens with two attached hydrogens (primary N) is 1. The number of hydrogen-bond donors (Lipinski definition) is 1. The van der Waals surface area contributed by atoms with E-state index in [9.17, 15) is 13.2 Å². The third-order valence-electron chi connectivity index (χ3n) is 11.3. The first-order valence-corrected chi connectivity index (χ1v) is 19.1. The topological polar surface area (TPSA) is 138 Å². The number of ether oxygens (including phenoxy) is 1. The first-order valence-electron chi connectivity index (χ1n) is 17.1. The molecule has 2 unspecified atom stereocenters. The van der Waals surface area contributed by atoms with Crippen molar-refractivity contribution >= 4 is 49.4 Å². The molecule has 4 aromatic heterocycles. The Morgan fingerprint density at radius 3 is 2.53 bits per heavy atom. The van der Waals surface area contributed by atoms with Gasteiger partial charge in [-0.15, -0.1) is 0 Å². The van der Waals surface area contributed by atoms with Crippen LogP contribution in [-0.4, -0.2) is 74.3 Å². The molecule has 49 heavy (non-hydrogen) atoms. The van der Waals surface area contributed by atoms with Crippen LogP contribution in [0.1, 0.15) is 48.9 Å². The molecule has 1 aliphatic heterocycles. The molecule has 1 amide bonds. The number of aromatic nitrogens is 5. The number of amides is 1. The molecule has 5 aromatic rings. The molecule has 9 rings (SSSR count). The molecular formula is C36H38ClN7O4S. The van der Waals surface area contributed by atoms with Crippen molar-refractivity contribution in [2.75, 3.05) is 13.7 Å². The smallest absolute Gasteiger partial charge is 0.254 e. The van der Waals surface area contributed by atoms with Gasteiger partial charge in [0.2, 0.25) is 0 Å². The van der Waals surface area contributed by atoms with E-state index in [1.807, 2.05) is 29.3 Å². The summed E-state index contributed by atoms with van der Waals surface area (Å²) in [6.07, 6.45) is 8.54. The van der Waals surface area contributed by atoms with Gasteiger partial charge in [-0.25, -0.2) is 23.4 Å². The Bertz CT molecular complexity index is 2220. The lowest BCUT2D eigenvalue weighted by atomic mass is 9.84. The number of imidazole rings is 1. The molecule has 0 radical (unpaired) electrons. The second kappa shape index (κ2) is 11.5. The average molecular weight is 700 g/mol. The molecule has 3 saturated carbocycles. The number of halogens is 1. The molecule has 13 heteroatoms. The Morgan fingerprint density at radius 1 is 1.02 bits per heavy atom. The zero-order valence-corrected chi connectivity index (χ0v) is 28.8. The van der Waals surface area contributed by atoms with E-state index in [1.54, 1.807) is 7.11 Å². The molecule has 1 aromatic carbocycles. The Balaban J connectivity index is 1.12. The van der Waals surface area contributed by atoms with Gasteiger partial charge < -0.3 is 24.5 Å². The summed E-state index contributed by atoms with van der Waals surface area (Å²) in [5.41, 5.74) is 10.3. The van der Waals surface area contributed by atoms with Gasteiger partial charge in [0, 0.05) is 55.1 Å². The van der Waals surface area contributed by atoms with Crippen LogP contribution in [0.15, 0.2) is 59.8 Å². The van der Waals surface area contributed by atoms with Crippen LogP contribution >= 0.6 is 11.6 Å². The van der Waals surface area contributed by atoms with Gasteiger partial charge in [0.05, 0.1) is 28.5 Å². The summed E-state index contributed by atoms with van der Waals surface area (Å²) < 4.78 is 37.3. The lowest BCUT2D eigenvalue weighted by Crippen LogP contribution is -2.41. The minimum Gasteiger partial charge on any atom is -0.494 e. The van der Waals surface area contributed by atoms with Crippen LogP contribution in [-0.2, 0) is 22.9 Å². The standard InChI is InChI=1S/C36H38ClN7O4S/c1-48-30-15-24(36(45)43-19-23-6-8-28(43)32(23)38)13-27-33(30)44(18-21-11-26(12-21)49(46,47)25-7-9-31(37)40-16-25)35(41-27)29-14-22-3-2-10-39-34(22)42(29)17-20-4-5-20/h2-3,7,9-10,13-16,20-21,23,26,28,32H,4-6,8,11-12,17-19,38H2,1H3/t21?,23?,26?,28?,32-/m1/s1. The highest BCUT2D eigenvalue weighted by molar-refractivity contribution is 7.92. The Kier molecular flexibility index (Phi) is 7.30. The molecule has 11 nitrogen and oxygen atoms in total. The van der Waals surface area contributed by atoms with Crippen molar-refractivity contribution in [3.8, 4) is 17.3 Å². The zero-order valence-electron chi connectivity index (χ0n) is 27.2. The second-order valence-electron chi connectivity index (χ2n) is 14.4. The van der Waals surface area contributed by atoms with Crippen molar-refractivity contribution in [3.05, 3.63) is 65.6 Å². The summed E-state index contributed by atoms with van der Waals surface area (Å²) in [6, 6.07) is 13.0. The minimum absolute atomic E-state index is 0.0217. The number of benzene rings is 1. The van der Waals surface area contributed by atoms with Crippen molar-refractivity contribution in [1.29, 1.82) is 0 Å². The molecule has 1 saturated heterocycles. The number of carbonyl (C=O) groups excluding carboxylic acids is 1. The minimum atomic E-state index is -3.54. The fourth-order valence-corrected chi connectivity index (χ4v) is 10.4. The van der Waals surface area contributed by atoms with Crippen LogP contribution in [0, 0.1) is 17.8 Å². The maximum atomic E-state index is 14.0. The number of pyridine rings is 2. The monoisotopic (exact) mass is 699 g/mol. The lowest BCUT2D eigenvalue weighted by Gasteiger charge is -2.35. The van der Waals surface area contributed by atoms with Gasteiger partial charge in [-0.3, -0.25) is 4.79 Å². The molecular weight excluding hydrogens is 662 g/mol. The molecule has 5 heterocycles. The molecule has 2 N–H and O–H groups in total. The zero-order chi connectivity index (χ0) is 33.6. The van der Waals surface area contributed by atoms with Crippen LogP contribution in [0.3, 0.4) is 0 Å². The Labute approximate surface area is 289 Å². The van der Waals surface area contributed by atoms with Gasteiger partial charge in [-0.2, -0.15) is 0 Å². The predicted molar refractivity (Wildman–Crippen MR) is 186 cm³/mol. The van der Waals surface area contributed by atoms with Crippen LogP contribution in [0.5, 0.6) is 5.75 Å². The number of sulfone groups is 1. The molecule has 4 fully saturated rings. The average Bonchev–Trinajstić information content (AvgIpc) is 3.44. The summed E-state index contributed by atoms with van der Waals surface area (Å²) in [7, 11) is -1.93. The third-order valence-corrected chi connectivity index (χ3v) is 13.7. The fourth-order valence-electron chi connectivity index (χ4n) is 8.40. The molecule has 0 spiro atoms. The number of likely N-dealkylation sites (tertiary alicyclic amines) is 1. The van der Waals surface area contributed by atoms with Crippen molar-refractivity contribution in [1.82, 2.24) is 29.0 Å². The normalized spacial score (nSPS) is 25.0. The number of rotatable bonds is 9. The molecule has 254 valence electrons. The summed E-state index contributed by atoms with van der Waals surface area (Å²) in [5, 5.41) is 0.790. The van der Waals surface area contributed by atoms with E-state index >= 15 is 0 Å². The van der Waals surface area contributed by atoms with Crippen molar-refractivity contribution in [2.45, 2.75) is 73.8 Å². The van der Waals surface area contributed by atoms with Gasteiger partial charge in [0.25, 0.3) is 5.91 Å². The number of piperidine rings is 1. The van der Waals surface area contributed by atoms with Gasteiger partial charge >= 0.3 is 0 Å². The van der Waals surface area contributed by atoms with Gasteiger partial charge in [0.15, 0.2) is 15.7 Å². The second-order valence-corrected chi connectivity index (χ2v) is 17.0. The van der Waals surface area contributed by atoms with Gasteiger partial charge in [-0.1, -0.05) is 11.6 Å². The van der Waals surface area contributed by atoms with Crippen LogP contribution < -0.4 is 10.5 Å². The summed E-state index contributed by atoms with van der Waals surface area (Å²) in [4.78, 5) is 30.1. The Morgan fingerprint density at radius 2 is 1.84 bits per heavy atom. The van der Waals surface area contributed by atoms with Gasteiger partial charge in [-0.05, 0) is 98.7 Å². The lowest BCUT2D eigenvalue weighted by molar-refractivity contribution is 0.0700. The number of hydrogen-bond acceptors (Lipinski definition) is 8. The highest BCUT2D eigenvalue weighted by Gasteiger charge is 2.47. The predicted octanol–water partition coefficient (Wildman–Crippen LogP) is 5.33. The van der Waals surface area contributed by atoms with Crippen LogP contribution in [0.25, 0.3) is 33.6 Å². The number of carbonyl (C=O) groups is 1. The van der Waals surface area contributed by atoms with Gasteiger partial charge in [0.1, 0.15) is 22.1 Å². The highest BCUT2D eigenvalue weighted by Crippen LogP contribution is 2.43. The van der Waals surface area contributed by atoms with E-state index in [-0.39, 0.29) is 34.0 Å². The molecule has 3 aliphatic carbocycles. The molecule has 2 bridgehead atoms. The summed E-state index contributed by atoms with van der Waals surface area (Å²) in [6.45, 7) is 2.07. The largest absolute Gasteiger partial charge is 0.494 e. The molecule has 4 aliphatic rings. The first-order chi connectivity index (χ1) is 23.7. The van der Waals surface area contributed by atoms with E-state index in [1.165, 1.54) is 31.2 Å². The SMILES string of the molecule is COc1cc(C(=O)N2CC3CCC2[C@@H]3N)cc2nc(-c3cc4cccnc4n3CC3CC3)n(CC3CC(S(=O)(=O)c4ccc(Cl)nc4)C3)c12. The Hall–Kier alpha value is -4.00. The van der Waals surface area contributed by atoms with Crippen LogP contribution in [0.2, 0.25) is 5.15 Å². The highest BCUT2D eigenvalue weighted by atomic mass is 35.5. The number of nitrogens with zero attached hydrogens (tertiary/aromatic N) is 6. The number of methoxy groups -OCH3 is 1. The van der Waals surface area contributed by atoms with E-state index in [0.717, 1.165) is 47.5 Å². The third kappa shape index (κ3) is 5.13. The van der Waals surface area contributed by atoms with E-state index in [2.05, 4.69) is 26.3 Å². The quantitative estimate of drug-likeness (QED) is 0.204. The number of fused-ring (bicyclic) bond motifs is 4. The van der Waals surface area contributed by atoms with E-state index in [0.29, 0.717) is 54.6 Å². The summed E-state index contributed by atoms with van der Waals surface area (Å²) >= 11 is 5.92. The first kappa shape index (κ1) is 31.0. The summed E-state index contributed by atoms with van der Waals surface area (Å²) in [5.74, 6) is 2.30. The van der Waals surface area contributed by atoms with Crippen molar-refractivity contribution in [3.63, 3.8) is 0 Å². The fraction of sp³-hybridized carbons (Fsp3) is 0.444. The van der Waals surface area contributed by atoms with Crippen molar-refractivity contribution < 1.29 is 17.9 Å². The van der Waals surface area contributed by atoms with E-state index in [4.69, 9.17) is 32.0 Å². The van der Waals surface area contributed by atoms with E-state index < -0.39 is 15.1 Å². The van der Waals surface area contributed by atoms with Crippen molar-refractivity contribution in [2.24, 2.45) is 23.5 Å². The van der Waals surface area contributed by atoms with Crippen LogP contribution in [0.4, 0.5) is 0 Å². The molecule has 3 atom stereocenters. The maximum absolute atomic E-state index is 14.0.